The first-order chi connectivity index (χ1) is 20.2. The van der Waals surface area contributed by atoms with E-state index in [9.17, 15) is 23.3 Å². The van der Waals surface area contributed by atoms with Gasteiger partial charge < -0.3 is 9.47 Å². The Bertz CT molecular complexity index is 1920. The van der Waals surface area contributed by atoms with E-state index >= 15 is 0 Å². The zero-order valence-corrected chi connectivity index (χ0v) is 23.5. The van der Waals surface area contributed by atoms with Crippen LogP contribution in [0.3, 0.4) is 0 Å². The standard InChI is InChI=1S/C28H26N6O7S/c1-3-18-14-21(41-28(35)40-20-8-6-19(7-9-20)34(36)37)15-23(18)26-31-30-25-16-29-27-24(33(25)26)12-13-32(27)42(38,39)22-10-4-17(2)5-11-22/h4-13,16,18,21,23H,3,14-15H2,1-2H3/t18-,21-,23+/m1/s1. The lowest BCUT2D eigenvalue weighted by molar-refractivity contribution is -0.384. The predicted octanol–water partition coefficient (Wildman–Crippen LogP) is 5.02. The van der Waals surface area contributed by atoms with Crippen LogP contribution in [0, 0.1) is 23.0 Å². The van der Waals surface area contributed by atoms with E-state index in [1.165, 1.54) is 36.7 Å². The second-order valence-electron chi connectivity index (χ2n) is 10.2. The molecule has 0 spiro atoms. The van der Waals surface area contributed by atoms with Crippen LogP contribution in [-0.2, 0) is 14.8 Å². The molecule has 1 aliphatic rings. The molecule has 0 radical (unpaired) electrons. The van der Waals surface area contributed by atoms with Gasteiger partial charge >= 0.3 is 6.16 Å². The summed E-state index contributed by atoms with van der Waals surface area (Å²) in [5.74, 6) is 0.737. The van der Waals surface area contributed by atoms with Gasteiger partial charge in [0.1, 0.15) is 17.7 Å². The van der Waals surface area contributed by atoms with Crippen molar-refractivity contribution in [2.75, 3.05) is 0 Å². The van der Waals surface area contributed by atoms with Crippen molar-refractivity contribution in [2.24, 2.45) is 5.92 Å². The van der Waals surface area contributed by atoms with Crippen molar-refractivity contribution >= 4 is 38.7 Å². The zero-order valence-electron chi connectivity index (χ0n) is 22.7. The van der Waals surface area contributed by atoms with Crippen molar-refractivity contribution in [1.29, 1.82) is 0 Å². The number of fused-ring (bicyclic) bond motifs is 3. The summed E-state index contributed by atoms with van der Waals surface area (Å²) in [5.41, 5.74) is 2.09. The number of ether oxygens (including phenoxy) is 2. The first-order valence-electron chi connectivity index (χ1n) is 13.3. The van der Waals surface area contributed by atoms with E-state index in [0.29, 0.717) is 29.8 Å². The minimum absolute atomic E-state index is 0.108. The number of benzene rings is 2. The molecule has 0 N–H and O–H groups in total. The van der Waals surface area contributed by atoms with E-state index < -0.39 is 27.2 Å². The Balaban J connectivity index is 1.27. The van der Waals surface area contributed by atoms with Crippen molar-refractivity contribution in [2.45, 2.75) is 50.0 Å². The van der Waals surface area contributed by atoms with Gasteiger partial charge in [-0.3, -0.25) is 14.5 Å². The van der Waals surface area contributed by atoms with Crippen LogP contribution < -0.4 is 4.74 Å². The largest absolute Gasteiger partial charge is 0.514 e. The lowest BCUT2D eigenvalue weighted by atomic mass is 9.93. The maximum atomic E-state index is 13.4. The molecule has 0 bridgehead atoms. The molecular formula is C28H26N6O7S. The molecule has 6 rings (SSSR count). The summed E-state index contributed by atoms with van der Waals surface area (Å²) < 4.78 is 40.7. The van der Waals surface area contributed by atoms with Gasteiger partial charge in [-0.1, -0.05) is 31.0 Å². The molecule has 216 valence electrons. The highest BCUT2D eigenvalue weighted by atomic mass is 32.2. The first-order valence-corrected chi connectivity index (χ1v) is 14.8. The van der Waals surface area contributed by atoms with Gasteiger partial charge in [0.15, 0.2) is 11.3 Å². The van der Waals surface area contributed by atoms with Gasteiger partial charge in [0.2, 0.25) is 0 Å². The second kappa shape index (κ2) is 10.5. The third kappa shape index (κ3) is 4.83. The van der Waals surface area contributed by atoms with Crippen LogP contribution in [-0.4, -0.2) is 49.2 Å². The number of hydrogen-bond donors (Lipinski definition) is 0. The number of nitrogens with zero attached hydrogens (tertiary/aromatic N) is 6. The van der Waals surface area contributed by atoms with E-state index in [-0.39, 0.29) is 33.8 Å². The molecule has 0 amide bonds. The van der Waals surface area contributed by atoms with Crippen molar-refractivity contribution < 1.29 is 27.6 Å². The SMILES string of the molecule is CC[C@@H]1C[C@@H](OC(=O)Oc2ccc([N+](=O)[O-])cc2)C[C@@H]1c1nnc2cnc3c(ccn3S(=O)(=O)c3ccc(C)cc3)n12. The summed E-state index contributed by atoms with van der Waals surface area (Å²) in [6.07, 6.45) is 3.42. The van der Waals surface area contributed by atoms with Gasteiger partial charge in [0.05, 0.1) is 21.5 Å². The van der Waals surface area contributed by atoms with Crippen LogP contribution in [0.1, 0.15) is 43.5 Å². The van der Waals surface area contributed by atoms with E-state index in [4.69, 9.17) is 9.47 Å². The van der Waals surface area contributed by atoms with Gasteiger partial charge in [0, 0.05) is 24.2 Å². The molecule has 1 aliphatic carbocycles. The highest BCUT2D eigenvalue weighted by molar-refractivity contribution is 7.90. The van der Waals surface area contributed by atoms with Crippen LogP contribution in [0.15, 0.2) is 71.9 Å². The normalized spacial score (nSPS) is 18.9. The Morgan fingerprint density at radius 1 is 1.07 bits per heavy atom. The van der Waals surface area contributed by atoms with Crippen LogP contribution in [0.25, 0.3) is 16.8 Å². The van der Waals surface area contributed by atoms with Crippen LogP contribution in [0.2, 0.25) is 0 Å². The van der Waals surface area contributed by atoms with Crippen LogP contribution in [0.4, 0.5) is 10.5 Å². The summed E-state index contributed by atoms with van der Waals surface area (Å²) in [5, 5.41) is 19.6. The fourth-order valence-electron chi connectivity index (χ4n) is 5.54. The Morgan fingerprint density at radius 3 is 2.50 bits per heavy atom. The van der Waals surface area contributed by atoms with Gasteiger partial charge in [-0.25, -0.2) is 22.2 Å². The number of aromatic nitrogens is 5. The average molecular weight is 591 g/mol. The fraction of sp³-hybridized carbons (Fsp3) is 0.286. The average Bonchev–Trinajstić information content (AvgIpc) is 3.69. The van der Waals surface area contributed by atoms with Crippen molar-refractivity contribution in [3.05, 3.63) is 88.5 Å². The third-order valence-corrected chi connectivity index (χ3v) is 9.34. The molecule has 5 aromatic rings. The molecule has 42 heavy (non-hydrogen) atoms. The van der Waals surface area contributed by atoms with E-state index in [1.54, 1.807) is 30.3 Å². The summed E-state index contributed by atoms with van der Waals surface area (Å²) in [4.78, 5) is 27.4. The maximum Gasteiger partial charge on any atom is 0.514 e. The molecule has 2 aromatic carbocycles. The van der Waals surface area contributed by atoms with Crippen molar-refractivity contribution in [3.63, 3.8) is 0 Å². The highest BCUT2D eigenvalue weighted by Crippen LogP contribution is 2.43. The molecule has 14 heteroatoms. The predicted molar refractivity (Wildman–Crippen MR) is 150 cm³/mol. The summed E-state index contributed by atoms with van der Waals surface area (Å²) in [6.45, 7) is 3.93. The Labute approximate surface area is 239 Å². The smallest absolute Gasteiger partial charge is 0.431 e. The number of carbonyl (C=O) groups is 1. The Kier molecular flexibility index (Phi) is 6.85. The maximum absolute atomic E-state index is 13.4. The summed E-state index contributed by atoms with van der Waals surface area (Å²) in [7, 11) is -3.90. The summed E-state index contributed by atoms with van der Waals surface area (Å²) >= 11 is 0. The number of nitro groups is 1. The molecular weight excluding hydrogens is 564 g/mol. The third-order valence-electron chi connectivity index (χ3n) is 7.66. The van der Waals surface area contributed by atoms with Crippen molar-refractivity contribution in [3.8, 4) is 5.75 Å². The number of carbonyl (C=O) groups excluding carboxylic acids is 1. The molecule has 0 saturated heterocycles. The van der Waals surface area contributed by atoms with Crippen LogP contribution in [0.5, 0.6) is 5.75 Å². The monoisotopic (exact) mass is 590 g/mol. The number of hydrogen-bond acceptors (Lipinski definition) is 10. The molecule has 3 atom stereocenters. The zero-order chi connectivity index (χ0) is 29.6. The van der Waals surface area contributed by atoms with Gasteiger partial charge in [0.25, 0.3) is 15.7 Å². The van der Waals surface area contributed by atoms with E-state index in [2.05, 4.69) is 15.2 Å². The van der Waals surface area contributed by atoms with Gasteiger partial charge in [-0.2, -0.15) is 0 Å². The Morgan fingerprint density at radius 2 is 1.81 bits per heavy atom. The summed E-state index contributed by atoms with van der Waals surface area (Å²) in [6, 6.07) is 13.4. The topological polar surface area (TPSA) is 161 Å². The van der Waals surface area contributed by atoms with Gasteiger partial charge in [-0.05, 0) is 56.0 Å². The first kappa shape index (κ1) is 27.3. The number of non-ortho nitro benzene ring substituents is 1. The molecule has 1 fully saturated rings. The minimum atomic E-state index is -3.90. The number of rotatable bonds is 7. The molecule has 13 nitrogen and oxygen atoms in total. The Hall–Kier alpha value is -4.85. The highest BCUT2D eigenvalue weighted by Gasteiger charge is 2.39. The van der Waals surface area contributed by atoms with E-state index in [1.807, 2.05) is 18.2 Å². The molecule has 3 heterocycles. The molecule has 0 unspecified atom stereocenters. The second-order valence-corrected chi connectivity index (χ2v) is 12.1. The van der Waals surface area contributed by atoms with Crippen LogP contribution >= 0.6 is 0 Å². The quantitative estimate of drug-likeness (QED) is 0.109. The molecule has 0 aliphatic heterocycles. The van der Waals surface area contributed by atoms with E-state index in [0.717, 1.165) is 16.0 Å². The lowest BCUT2D eigenvalue weighted by Gasteiger charge is -2.15. The fourth-order valence-corrected chi connectivity index (χ4v) is 6.84. The van der Waals surface area contributed by atoms with Gasteiger partial charge in [-0.15, -0.1) is 10.2 Å². The van der Waals surface area contributed by atoms with Crippen molar-refractivity contribution in [1.82, 2.24) is 23.6 Å². The molecule has 1 saturated carbocycles. The molecule has 3 aromatic heterocycles. The number of aryl methyl sites for hydroxylation is 1. The number of nitro benzene ring substituents is 1. The lowest BCUT2D eigenvalue weighted by Crippen LogP contribution is -2.18. The minimum Gasteiger partial charge on any atom is -0.431 e.